The number of anilines is 1. The molecule has 0 radical (unpaired) electrons. The summed E-state index contributed by atoms with van der Waals surface area (Å²) >= 11 is 0. The Hall–Kier alpha value is -2.83. The summed E-state index contributed by atoms with van der Waals surface area (Å²) in [5.74, 6) is -1.87. The minimum absolute atomic E-state index is 0.0189. The average molecular weight is 305 g/mol. The monoisotopic (exact) mass is 305 g/mol. The van der Waals surface area contributed by atoms with E-state index in [1.165, 1.54) is 12.1 Å². The van der Waals surface area contributed by atoms with Gasteiger partial charge in [-0.15, -0.1) is 0 Å². The second-order valence-corrected chi connectivity index (χ2v) is 5.01. The summed E-state index contributed by atoms with van der Waals surface area (Å²) in [7, 11) is 0. The molecule has 0 saturated heterocycles. The third-order valence-corrected chi connectivity index (χ3v) is 3.28. The van der Waals surface area contributed by atoms with E-state index in [1.807, 2.05) is 6.92 Å². The van der Waals surface area contributed by atoms with E-state index in [2.05, 4.69) is 10.6 Å². The minimum Gasteiger partial charge on any atom is -0.505 e. The fourth-order valence-electron chi connectivity index (χ4n) is 2.01. The van der Waals surface area contributed by atoms with Crippen molar-refractivity contribution < 1.29 is 19.1 Å². The van der Waals surface area contributed by atoms with Crippen molar-refractivity contribution in [3.63, 3.8) is 0 Å². The first kappa shape index (κ1) is 15.6. The zero-order valence-electron chi connectivity index (χ0n) is 11.9. The van der Waals surface area contributed by atoms with Crippen LogP contribution in [0.25, 0.3) is 0 Å². The summed E-state index contributed by atoms with van der Waals surface area (Å²) in [5.41, 5.74) is 6.30. The second-order valence-electron chi connectivity index (χ2n) is 5.01. The van der Waals surface area contributed by atoms with E-state index in [0.29, 0.717) is 17.7 Å². The normalized spacial score (nSPS) is 17.3. The molecule has 2 rings (SSSR count). The Labute approximate surface area is 126 Å². The van der Waals surface area contributed by atoms with E-state index in [9.17, 15) is 14.0 Å². The Bertz CT molecular complexity index is 683. The molecular weight excluding hydrogens is 289 g/mol. The van der Waals surface area contributed by atoms with Crippen molar-refractivity contribution in [2.45, 2.75) is 13.3 Å². The first-order valence-corrected chi connectivity index (χ1v) is 6.65. The number of phenolic OH excluding ortho intramolecular Hbond substituents is 1. The molecule has 1 atom stereocenters. The zero-order valence-corrected chi connectivity index (χ0v) is 11.9. The summed E-state index contributed by atoms with van der Waals surface area (Å²) in [6.45, 7) is 1.89. The van der Waals surface area contributed by atoms with Crippen molar-refractivity contribution in [3.8, 4) is 5.75 Å². The third-order valence-electron chi connectivity index (χ3n) is 3.28. The number of allylic oxidation sites excluding steroid dienone is 2. The molecule has 1 aromatic carbocycles. The Kier molecular flexibility index (Phi) is 4.45. The van der Waals surface area contributed by atoms with Gasteiger partial charge < -0.3 is 21.5 Å². The van der Waals surface area contributed by atoms with Gasteiger partial charge in [0.05, 0.1) is 0 Å². The van der Waals surface area contributed by atoms with Crippen LogP contribution in [0, 0.1) is 11.7 Å². The van der Waals surface area contributed by atoms with Crippen molar-refractivity contribution in [2.24, 2.45) is 11.7 Å². The van der Waals surface area contributed by atoms with Gasteiger partial charge in [-0.2, -0.15) is 0 Å². The summed E-state index contributed by atoms with van der Waals surface area (Å²) in [5, 5.41) is 14.2. The Morgan fingerprint density at radius 3 is 2.73 bits per heavy atom. The molecule has 116 valence electrons. The molecule has 3 amide bonds. The molecule has 0 bridgehead atoms. The number of primary amides is 1. The van der Waals surface area contributed by atoms with Crippen molar-refractivity contribution in [1.29, 1.82) is 0 Å². The summed E-state index contributed by atoms with van der Waals surface area (Å²) in [6.07, 6.45) is 3.82. The largest absolute Gasteiger partial charge is 0.505 e. The Morgan fingerprint density at radius 2 is 2.09 bits per heavy atom. The highest BCUT2D eigenvalue weighted by molar-refractivity contribution is 5.96. The summed E-state index contributed by atoms with van der Waals surface area (Å²) in [6, 6.07) is 2.93. The highest BCUT2D eigenvalue weighted by atomic mass is 19.1. The predicted molar refractivity (Wildman–Crippen MR) is 79.4 cm³/mol. The third kappa shape index (κ3) is 3.63. The van der Waals surface area contributed by atoms with E-state index in [1.54, 1.807) is 6.08 Å². The Balaban J connectivity index is 2.06. The fourth-order valence-corrected chi connectivity index (χ4v) is 2.01. The lowest BCUT2D eigenvalue weighted by Gasteiger charge is -2.20. The number of hydrogen-bond donors (Lipinski definition) is 4. The van der Waals surface area contributed by atoms with Gasteiger partial charge in [0.25, 0.3) is 0 Å². The SMILES string of the molecule is CC1CC=C(C(N)=O)C=C1NC(=O)Nc1ccc(O)c(F)c1. The number of hydrogen-bond acceptors (Lipinski definition) is 3. The van der Waals surface area contributed by atoms with Crippen molar-refractivity contribution in [2.75, 3.05) is 5.32 Å². The van der Waals surface area contributed by atoms with Crippen LogP contribution in [0.4, 0.5) is 14.9 Å². The first-order valence-electron chi connectivity index (χ1n) is 6.65. The summed E-state index contributed by atoms with van der Waals surface area (Å²) < 4.78 is 13.2. The van der Waals surface area contributed by atoms with Gasteiger partial charge in [0.2, 0.25) is 5.91 Å². The lowest BCUT2D eigenvalue weighted by molar-refractivity contribution is -0.114. The van der Waals surface area contributed by atoms with Gasteiger partial charge in [-0.25, -0.2) is 9.18 Å². The molecule has 1 aliphatic rings. The molecule has 0 fully saturated rings. The molecule has 0 spiro atoms. The van der Waals surface area contributed by atoms with Gasteiger partial charge in [-0.1, -0.05) is 13.0 Å². The molecule has 0 heterocycles. The predicted octanol–water partition coefficient (Wildman–Crippen LogP) is 1.99. The number of nitrogens with two attached hydrogens (primary N) is 1. The molecule has 7 heteroatoms. The maximum Gasteiger partial charge on any atom is 0.323 e. The van der Waals surface area contributed by atoms with Crippen LogP contribution in [0.15, 0.2) is 41.6 Å². The van der Waals surface area contributed by atoms with Gasteiger partial charge in [0, 0.05) is 23.0 Å². The van der Waals surface area contributed by atoms with Crippen LogP contribution < -0.4 is 16.4 Å². The van der Waals surface area contributed by atoms with Gasteiger partial charge in [-0.3, -0.25) is 4.79 Å². The number of benzene rings is 1. The molecule has 0 saturated carbocycles. The standard InChI is InChI=1S/C15H16FN3O3/c1-8-2-3-9(14(17)21)6-12(8)19-15(22)18-10-4-5-13(20)11(16)7-10/h3-8,20H,2H2,1H3,(H2,17,21)(H2,18,19,22). The molecule has 0 aliphatic heterocycles. The maximum absolute atomic E-state index is 13.2. The van der Waals surface area contributed by atoms with Crippen molar-refractivity contribution in [3.05, 3.63) is 47.4 Å². The fraction of sp³-hybridized carbons (Fsp3) is 0.200. The number of carbonyl (C=O) groups excluding carboxylic acids is 2. The van der Waals surface area contributed by atoms with E-state index < -0.39 is 23.5 Å². The van der Waals surface area contributed by atoms with E-state index >= 15 is 0 Å². The minimum atomic E-state index is -0.831. The van der Waals surface area contributed by atoms with Crippen LogP contribution in [0.1, 0.15) is 13.3 Å². The maximum atomic E-state index is 13.2. The lowest BCUT2D eigenvalue weighted by Crippen LogP contribution is -2.32. The highest BCUT2D eigenvalue weighted by Gasteiger charge is 2.18. The van der Waals surface area contributed by atoms with Gasteiger partial charge >= 0.3 is 6.03 Å². The number of aromatic hydroxyl groups is 1. The van der Waals surface area contributed by atoms with Crippen LogP contribution in [0.2, 0.25) is 0 Å². The lowest BCUT2D eigenvalue weighted by atomic mass is 9.94. The van der Waals surface area contributed by atoms with E-state index in [0.717, 1.165) is 12.1 Å². The van der Waals surface area contributed by atoms with E-state index in [4.69, 9.17) is 10.8 Å². The molecule has 22 heavy (non-hydrogen) atoms. The molecule has 6 nitrogen and oxygen atoms in total. The number of rotatable bonds is 3. The van der Waals surface area contributed by atoms with Crippen molar-refractivity contribution in [1.82, 2.24) is 5.32 Å². The van der Waals surface area contributed by atoms with Gasteiger partial charge in [0.15, 0.2) is 11.6 Å². The number of phenols is 1. The molecule has 1 aliphatic carbocycles. The molecular formula is C15H16FN3O3. The first-order chi connectivity index (χ1) is 10.4. The van der Waals surface area contributed by atoms with Crippen LogP contribution in [-0.2, 0) is 4.79 Å². The number of halogens is 1. The number of urea groups is 1. The van der Waals surface area contributed by atoms with Crippen LogP contribution in [0.5, 0.6) is 5.75 Å². The van der Waals surface area contributed by atoms with Gasteiger partial charge in [0.1, 0.15) is 0 Å². The van der Waals surface area contributed by atoms with Crippen LogP contribution in [-0.4, -0.2) is 17.0 Å². The van der Waals surface area contributed by atoms with Crippen molar-refractivity contribution >= 4 is 17.6 Å². The quantitative estimate of drug-likeness (QED) is 0.642. The Morgan fingerprint density at radius 1 is 1.36 bits per heavy atom. The smallest absolute Gasteiger partial charge is 0.323 e. The molecule has 1 aromatic rings. The average Bonchev–Trinajstić information content (AvgIpc) is 2.45. The number of carbonyl (C=O) groups is 2. The molecule has 0 aromatic heterocycles. The van der Waals surface area contributed by atoms with Crippen LogP contribution in [0.3, 0.4) is 0 Å². The summed E-state index contributed by atoms with van der Waals surface area (Å²) in [4.78, 5) is 23.1. The molecule has 1 unspecified atom stereocenters. The highest BCUT2D eigenvalue weighted by Crippen LogP contribution is 2.22. The number of nitrogens with one attached hydrogen (secondary N) is 2. The number of amides is 3. The second kappa shape index (κ2) is 6.30. The van der Waals surface area contributed by atoms with Crippen LogP contribution >= 0.6 is 0 Å². The topological polar surface area (TPSA) is 104 Å². The zero-order chi connectivity index (χ0) is 16.3. The van der Waals surface area contributed by atoms with E-state index in [-0.39, 0.29) is 11.6 Å². The molecule has 5 N–H and O–H groups in total. The van der Waals surface area contributed by atoms with Gasteiger partial charge in [-0.05, 0) is 30.5 Å².